The first-order valence-corrected chi connectivity index (χ1v) is 5.56. The van der Waals surface area contributed by atoms with Crippen molar-refractivity contribution in [1.82, 2.24) is 4.90 Å². The third kappa shape index (κ3) is 1.83. The van der Waals surface area contributed by atoms with Crippen molar-refractivity contribution >= 4 is 17.5 Å². The molecule has 13 heavy (non-hydrogen) atoms. The normalized spacial score (nSPS) is 35.7. The van der Waals surface area contributed by atoms with E-state index in [4.69, 9.17) is 11.6 Å². The Hall–Kier alpha value is -0.240. The van der Waals surface area contributed by atoms with E-state index in [9.17, 15) is 4.79 Å². The lowest BCUT2D eigenvalue weighted by Gasteiger charge is -2.20. The number of rotatable bonds is 3. The Balaban J connectivity index is 1.82. The molecule has 0 N–H and O–H groups in total. The van der Waals surface area contributed by atoms with Gasteiger partial charge in [0.25, 0.3) is 0 Å². The Morgan fingerprint density at radius 1 is 1.38 bits per heavy atom. The first-order chi connectivity index (χ1) is 6.22. The van der Waals surface area contributed by atoms with E-state index in [1.165, 1.54) is 6.42 Å². The number of hydrogen-bond acceptors (Lipinski definition) is 1. The highest BCUT2D eigenvalue weighted by Gasteiger charge is 2.48. The fourth-order valence-corrected chi connectivity index (χ4v) is 2.72. The lowest BCUT2D eigenvalue weighted by atomic mass is 10.0. The smallest absolute Gasteiger partial charge is 0.225 e. The average molecular weight is 202 g/mol. The average Bonchev–Trinajstić information content (AvgIpc) is 2.73. The molecule has 1 amide bonds. The monoisotopic (exact) mass is 201 g/mol. The predicted molar refractivity (Wildman–Crippen MR) is 52.7 cm³/mol. The molecule has 3 heteroatoms. The zero-order chi connectivity index (χ0) is 9.42. The molecule has 2 aliphatic carbocycles. The predicted octanol–water partition coefficient (Wildman–Crippen LogP) is 1.73. The number of nitrogens with zero attached hydrogens (tertiary/aromatic N) is 1. The molecule has 0 aliphatic heterocycles. The molecule has 0 spiro atoms. The zero-order valence-corrected chi connectivity index (χ0v) is 8.76. The summed E-state index contributed by atoms with van der Waals surface area (Å²) in [5.41, 5.74) is 0. The molecule has 2 saturated carbocycles. The standard InChI is InChI=1S/C10H16ClNO/c1-12(3-2-11)10(13)9-5-7-4-8(7)6-9/h7-9H,2-6H2,1H3. The van der Waals surface area contributed by atoms with Crippen LogP contribution in [0.25, 0.3) is 0 Å². The third-order valence-corrected chi connectivity index (χ3v) is 3.56. The summed E-state index contributed by atoms with van der Waals surface area (Å²) in [6.07, 6.45) is 3.65. The van der Waals surface area contributed by atoms with E-state index >= 15 is 0 Å². The van der Waals surface area contributed by atoms with E-state index in [0.29, 0.717) is 24.2 Å². The molecule has 2 atom stereocenters. The summed E-state index contributed by atoms with van der Waals surface area (Å²) in [6, 6.07) is 0. The van der Waals surface area contributed by atoms with Crippen LogP contribution in [-0.2, 0) is 4.79 Å². The van der Waals surface area contributed by atoms with Gasteiger partial charge in [-0.15, -0.1) is 11.6 Å². The van der Waals surface area contributed by atoms with Crippen molar-refractivity contribution in [3.63, 3.8) is 0 Å². The summed E-state index contributed by atoms with van der Waals surface area (Å²) in [5, 5.41) is 0. The van der Waals surface area contributed by atoms with Crippen LogP contribution in [0.15, 0.2) is 0 Å². The molecule has 0 aromatic carbocycles. The Kier molecular flexibility index (Phi) is 2.50. The largest absolute Gasteiger partial charge is 0.344 e. The second-order valence-electron chi connectivity index (χ2n) is 4.37. The van der Waals surface area contributed by atoms with Crippen LogP contribution in [0.2, 0.25) is 0 Å². The number of fused-ring (bicyclic) bond motifs is 1. The van der Waals surface area contributed by atoms with Crippen LogP contribution in [0, 0.1) is 17.8 Å². The van der Waals surface area contributed by atoms with Crippen molar-refractivity contribution in [1.29, 1.82) is 0 Å². The van der Waals surface area contributed by atoms with E-state index in [2.05, 4.69) is 0 Å². The maximum absolute atomic E-state index is 11.8. The number of alkyl halides is 1. The Morgan fingerprint density at radius 2 is 2.00 bits per heavy atom. The molecular weight excluding hydrogens is 186 g/mol. The van der Waals surface area contributed by atoms with Crippen LogP contribution >= 0.6 is 11.6 Å². The highest BCUT2D eigenvalue weighted by atomic mass is 35.5. The van der Waals surface area contributed by atoms with Crippen LogP contribution < -0.4 is 0 Å². The second-order valence-corrected chi connectivity index (χ2v) is 4.75. The van der Waals surface area contributed by atoms with Gasteiger partial charge in [-0.1, -0.05) is 0 Å². The van der Waals surface area contributed by atoms with Gasteiger partial charge in [-0.3, -0.25) is 4.79 Å². The Bertz CT molecular complexity index is 209. The summed E-state index contributed by atoms with van der Waals surface area (Å²) in [4.78, 5) is 13.5. The first kappa shape index (κ1) is 9.32. The first-order valence-electron chi connectivity index (χ1n) is 5.03. The van der Waals surface area contributed by atoms with Gasteiger partial charge < -0.3 is 4.90 Å². The number of amides is 1. The van der Waals surface area contributed by atoms with Crippen molar-refractivity contribution in [2.75, 3.05) is 19.5 Å². The SMILES string of the molecule is CN(CCCl)C(=O)C1CC2CC2C1. The summed E-state index contributed by atoms with van der Waals surface area (Å²) in [6.45, 7) is 0.687. The Labute approximate surface area is 84.2 Å². The molecule has 2 fully saturated rings. The van der Waals surface area contributed by atoms with E-state index < -0.39 is 0 Å². The highest BCUT2D eigenvalue weighted by Crippen LogP contribution is 2.54. The Morgan fingerprint density at radius 3 is 2.54 bits per heavy atom. The van der Waals surface area contributed by atoms with Crippen LogP contribution in [0.1, 0.15) is 19.3 Å². The third-order valence-electron chi connectivity index (χ3n) is 3.39. The van der Waals surface area contributed by atoms with Crippen molar-refractivity contribution in [2.24, 2.45) is 17.8 Å². The molecule has 0 saturated heterocycles. The minimum Gasteiger partial charge on any atom is -0.344 e. The number of carbonyl (C=O) groups is 1. The maximum Gasteiger partial charge on any atom is 0.225 e. The topological polar surface area (TPSA) is 20.3 Å². The molecule has 0 bridgehead atoms. The molecule has 74 valence electrons. The fraction of sp³-hybridized carbons (Fsp3) is 0.900. The van der Waals surface area contributed by atoms with E-state index in [1.54, 1.807) is 4.90 Å². The molecular formula is C10H16ClNO. The number of hydrogen-bond donors (Lipinski definition) is 0. The second kappa shape index (κ2) is 3.49. The van der Waals surface area contributed by atoms with Crippen molar-refractivity contribution in [3.8, 4) is 0 Å². The van der Waals surface area contributed by atoms with E-state index in [1.807, 2.05) is 7.05 Å². The number of carbonyl (C=O) groups excluding carboxylic acids is 1. The van der Waals surface area contributed by atoms with Crippen molar-refractivity contribution in [2.45, 2.75) is 19.3 Å². The minimum atomic E-state index is 0.313. The molecule has 0 aromatic heterocycles. The zero-order valence-electron chi connectivity index (χ0n) is 8.00. The summed E-state index contributed by atoms with van der Waals surface area (Å²) in [7, 11) is 1.86. The molecule has 2 aliphatic rings. The van der Waals surface area contributed by atoms with Crippen LogP contribution in [0.5, 0.6) is 0 Å². The van der Waals surface area contributed by atoms with Gasteiger partial charge >= 0.3 is 0 Å². The van der Waals surface area contributed by atoms with Gasteiger partial charge in [-0.25, -0.2) is 0 Å². The van der Waals surface area contributed by atoms with Gasteiger partial charge in [-0.05, 0) is 31.1 Å². The molecule has 2 rings (SSSR count). The van der Waals surface area contributed by atoms with Crippen molar-refractivity contribution in [3.05, 3.63) is 0 Å². The van der Waals surface area contributed by atoms with Crippen molar-refractivity contribution < 1.29 is 4.79 Å². The van der Waals surface area contributed by atoms with Gasteiger partial charge in [0.2, 0.25) is 5.91 Å². The minimum absolute atomic E-state index is 0.313. The fourth-order valence-electron chi connectivity index (χ4n) is 2.47. The quantitative estimate of drug-likeness (QED) is 0.637. The van der Waals surface area contributed by atoms with Crippen LogP contribution in [-0.4, -0.2) is 30.3 Å². The highest BCUT2D eigenvalue weighted by molar-refractivity contribution is 6.18. The maximum atomic E-state index is 11.8. The molecule has 2 nitrogen and oxygen atoms in total. The summed E-state index contributed by atoms with van der Waals surface area (Å²) in [5.74, 6) is 2.95. The van der Waals surface area contributed by atoms with E-state index in [-0.39, 0.29) is 0 Å². The summed E-state index contributed by atoms with van der Waals surface area (Å²) >= 11 is 5.59. The van der Waals surface area contributed by atoms with Gasteiger partial charge in [0.15, 0.2) is 0 Å². The van der Waals surface area contributed by atoms with E-state index in [0.717, 1.165) is 24.7 Å². The molecule has 0 radical (unpaired) electrons. The van der Waals surface area contributed by atoms with Crippen LogP contribution in [0.3, 0.4) is 0 Å². The molecule has 2 unspecified atom stereocenters. The number of halogens is 1. The van der Waals surface area contributed by atoms with Gasteiger partial charge in [-0.2, -0.15) is 0 Å². The molecule has 0 heterocycles. The van der Waals surface area contributed by atoms with Gasteiger partial charge in [0.05, 0.1) is 0 Å². The lowest BCUT2D eigenvalue weighted by molar-refractivity contribution is -0.134. The van der Waals surface area contributed by atoms with Crippen LogP contribution in [0.4, 0.5) is 0 Å². The van der Waals surface area contributed by atoms with Gasteiger partial charge in [0, 0.05) is 25.4 Å². The molecule has 0 aromatic rings. The van der Waals surface area contributed by atoms with Gasteiger partial charge in [0.1, 0.15) is 0 Å². The summed E-state index contributed by atoms with van der Waals surface area (Å²) < 4.78 is 0. The lowest BCUT2D eigenvalue weighted by Crippen LogP contribution is -2.33.